The van der Waals surface area contributed by atoms with Crippen molar-refractivity contribution < 1.29 is 17.7 Å². The molecular weight excluding hydrogens is 410 g/mol. The number of aryl methyl sites for hydroxylation is 2. The molecule has 6 heteroatoms. The second kappa shape index (κ2) is 8.67. The smallest absolute Gasteiger partial charge is 0.297 e. The molecule has 1 N–H and O–H groups in total. The van der Waals surface area contributed by atoms with Crippen molar-refractivity contribution in [3.8, 4) is 0 Å². The van der Waals surface area contributed by atoms with E-state index in [0.29, 0.717) is 0 Å². The summed E-state index contributed by atoms with van der Waals surface area (Å²) in [7, 11) is -3.98. The van der Waals surface area contributed by atoms with Crippen LogP contribution in [-0.4, -0.2) is 30.8 Å². The minimum atomic E-state index is -3.98. The Morgan fingerprint density at radius 3 is 2.32 bits per heavy atom. The van der Waals surface area contributed by atoms with E-state index in [4.69, 9.17) is 4.18 Å². The van der Waals surface area contributed by atoms with Crippen LogP contribution in [0, 0.1) is 13.8 Å². The van der Waals surface area contributed by atoms with Gasteiger partial charge in [0.2, 0.25) is 0 Å². The zero-order chi connectivity index (χ0) is 22.0. The molecule has 0 saturated carbocycles. The van der Waals surface area contributed by atoms with Gasteiger partial charge in [-0.1, -0.05) is 66.2 Å². The zero-order valence-corrected chi connectivity index (χ0v) is 18.3. The van der Waals surface area contributed by atoms with Gasteiger partial charge in [-0.25, -0.2) is 0 Å². The van der Waals surface area contributed by atoms with E-state index >= 15 is 0 Å². The SMILES string of the molecule is Cc1ccc(S(=O)(=O)OC[C@@H](O)[C@H](c2ccccc2)n2ccc3cccc(C)c32)cc1. The molecule has 0 bridgehead atoms. The maximum atomic E-state index is 12.6. The summed E-state index contributed by atoms with van der Waals surface area (Å²) < 4.78 is 32.5. The van der Waals surface area contributed by atoms with E-state index in [9.17, 15) is 13.5 Å². The lowest BCUT2D eigenvalue weighted by atomic mass is 10.0. The van der Waals surface area contributed by atoms with Gasteiger partial charge in [0, 0.05) is 6.20 Å². The van der Waals surface area contributed by atoms with Crippen LogP contribution in [-0.2, 0) is 14.3 Å². The van der Waals surface area contributed by atoms with Crippen LogP contribution in [0.2, 0.25) is 0 Å². The Balaban J connectivity index is 1.67. The minimum absolute atomic E-state index is 0.0730. The molecule has 0 fully saturated rings. The monoisotopic (exact) mass is 435 g/mol. The highest BCUT2D eigenvalue weighted by Gasteiger charge is 2.27. The predicted molar refractivity (Wildman–Crippen MR) is 122 cm³/mol. The van der Waals surface area contributed by atoms with Crippen LogP contribution < -0.4 is 0 Å². The van der Waals surface area contributed by atoms with E-state index in [1.165, 1.54) is 12.1 Å². The lowest BCUT2D eigenvalue weighted by molar-refractivity contribution is 0.0785. The average molecular weight is 436 g/mol. The van der Waals surface area contributed by atoms with E-state index in [0.717, 1.165) is 27.6 Å². The molecule has 1 heterocycles. The van der Waals surface area contributed by atoms with Crippen molar-refractivity contribution >= 4 is 21.0 Å². The number of para-hydroxylation sites is 1. The van der Waals surface area contributed by atoms with Gasteiger partial charge < -0.3 is 9.67 Å². The third kappa shape index (κ3) is 4.42. The van der Waals surface area contributed by atoms with Crippen molar-refractivity contribution in [3.05, 3.63) is 102 Å². The van der Waals surface area contributed by atoms with Crippen LogP contribution >= 0.6 is 0 Å². The molecule has 31 heavy (non-hydrogen) atoms. The largest absolute Gasteiger partial charge is 0.388 e. The molecule has 0 amide bonds. The first-order valence-corrected chi connectivity index (χ1v) is 11.5. The highest BCUT2D eigenvalue weighted by molar-refractivity contribution is 7.86. The Bertz CT molecular complexity index is 1280. The average Bonchev–Trinajstić information content (AvgIpc) is 3.19. The van der Waals surface area contributed by atoms with E-state index in [1.54, 1.807) is 12.1 Å². The van der Waals surface area contributed by atoms with Gasteiger partial charge in [0.05, 0.1) is 23.1 Å². The van der Waals surface area contributed by atoms with Gasteiger partial charge >= 0.3 is 0 Å². The molecule has 0 aliphatic rings. The van der Waals surface area contributed by atoms with Gasteiger partial charge in [0.15, 0.2) is 0 Å². The van der Waals surface area contributed by atoms with Crippen LogP contribution in [0.4, 0.5) is 0 Å². The fourth-order valence-corrected chi connectivity index (χ4v) is 4.80. The molecule has 160 valence electrons. The second-order valence-electron chi connectivity index (χ2n) is 7.71. The molecule has 5 nitrogen and oxygen atoms in total. The molecule has 2 atom stereocenters. The number of rotatable bonds is 7. The summed E-state index contributed by atoms with van der Waals surface area (Å²) in [4.78, 5) is 0.0730. The molecule has 0 saturated heterocycles. The van der Waals surface area contributed by atoms with Crippen molar-refractivity contribution in [1.82, 2.24) is 4.57 Å². The van der Waals surface area contributed by atoms with Crippen LogP contribution in [0.15, 0.2) is 90.0 Å². The molecule has 4 aromatic rings. The summed E-state index contributed by atoms with van der Waals surface area (Å²) in [5, 5.41) is 12.2. The Labute approximate surface area is 182 Å². The first-order chi connectivity index (χ1) is 14.9. The lowest BCUT2D eigenvalue weighted by Gasteiger charge is -2.26. The number of benzene rings is 3. The van der Waals surface area contributed by atoms with Gasteiger partial charge in [0.1, 0.15) is 6.10 Å². The number of aliphatic hydroxyl groups is 1. The molecule has 0 spiro atoms. The first-order valence-electron chi connectivity index (χ1n) is 10.1. The third-order valence-electron chi connectivity index (χ3n) is 5.45. The topological polar surface area (TPSA) is 68.5 Å². The molecule has 0 aliphatic heterocycles. The van der Waals surface area contributed by atoms with Crippen LogP contribution in [0.3, 0.4) is 0 Å². The Morgan fingerprint density at radius 1 is 0.903 bits per heavy atom. The van der Waals surface area contributed by atoms with Gasteiger partial charge in [-0.3, -0.25) is 4.18 Å². The summed E-state index contributed by atoms with van der Waals surface area (Å²) in [5.41, 5.74) is 3.89. The molecular formula is C25H25NO4S. The van der Waals surface area contributed by atoms with Gasteiger partial charge in [-0.2, -0.15) is 8.42 Å². The number of aromatic nitrogens is 1. The maximum Gasteiger partial charge on any atom is 0.297 e. The van der Waals surface area contributed by atoms with Crippen LogP contribution in [0.1, 0.15) is 22.7 Å². The number of hydrogen-bond donors (Lipinski definition) is 1. The number of aliphatic hydroxyl groups excluding tert-OH is 1. The van der Waals surface area contributed by atoms with E-state index in [2.05, 4.69) is 0 Å². The van der Waals surface area contributed by atoms with Crippen molar-refractivity contribution in [2.24, 2.45) is 0 Å². The molecule has 3 aromatic carbocycles. The summed E-state index contributed by atoms with van der Waals surface area (Å²) in [5.74, 6) is 0. The van der Waals surface area contributed by atoms with Crippen LogP contribution in [0.25, 0.3) is 10.9 Å². The van der Waals surface area contributed by atoms with E-state index < -0.39 is 22.3 Å². The third-order valence-corrected chi connectivity index (χ3v) is 6.75. The molecule has 0 aliphatic carbocycles. The Morgan fingerprint density at radius 2 is 1.61 bits per heavy atom. The summed E-state index contributed by atoms with van der Waals surface area (Å²) in [6.45, 7) is 3.54. The number of nitrogens with zero attached hydrogens (tertiary/aromatic N) is 1. The standard InChI is InChI=1S/C25H25NO4S/c1-18-11-13-22(14-12-18)31(28,29)30-17-23(27)25(20-8-4-3-5-9-20)26-16-15-21-10-6-7-19(2)24(21)26/h3-16,23,25,27H,17H2,1-2H3/t23-,25+/m1/s1. The molecule has 1 aromatic heterocycles. The summed E-state index contributed by atoms with van der Waals surface area (Å²) in [6.07, 6.45) is 0.838. The van der Waals surface area contributed by atoms with E-state index in [1.807, 2.05) is 79.2 Å². The summed E-state index contributed by atoms with van der Waals surface area (Å²) in [6, 6.07) is 23.5. The molecule has 4 rings (SSSR count). The highest BCUT2D eigenvalue weighted by Crippen LogP contribution is 2.30. The zero-order valence-electron chi connectivity index (χ0n) is 17.5. The van der Waals surface area contributed by atoms with Gasteiger partial charge in [0.25, 0.3) is 10.1 Å². The number of fused-ring (bicyclic) bond motifs is 1. The molecule has 0 radical (unpaired) electrons. The Hall–Kier alpha value is -2.93. The molecule has 0 unspecified atom stereocenters. The first kappa shape index (κ1) is 21.3. The van der Waals surface area contributed by atoms with Gasteiger partial charge in [-0.05, 0) is 48.6 Å². The normalized spacial score (nSPS) is 13.9. The summed E-state index contributed by atoms with van der Waals surface area (Å²) >= 11 is 0. The minimum Gasteiger partial charge on any atom is -0.388 e. The van der Waals surface area contributed by atoms with Crippen molar-refractivity contribution in [2.75, 3.05) is 6.61 Å². The highest BCUT2D eigenvalue weighted by atomic mass is 32.2. The Kier molecular flexibility index (Phi) is 5.96. The maximum absolute atomic E-state index is 12.6. The fraction of sp³-hybridized carbons (Fsp3) is 0.200. The van der Waals surface area contributed by atoms with Crippen molar-refractivity contribution in [2.45, 2.75) is 30.9 Å². The van der Waals surface area contributed by atoms with E-state index in [-0.39, 0.29) is 11.5 Å². The van der Waals surface area contributed by atoms with Crippen molar-refractivity contribution in [3.63, 3.8) is 0 Å². The van der Waals surface area contributed by atoms with Gasteiger partial charge in [-0.15, -0.1) is 0 Å². The quantitative estimate of drug-likeness (QED) is 0.430. The van der Waals surface area contributed by atoms with Crippen molar-refractivity contribution in [1.29, 1.82) is 0 Å². The predicted octanol–water partition coefficient (Wildman–Crippen LogP) is 4.61. The van der Waals surface area contributed by atoms with Crippen LogP contribution in [0.5, 0.6) is 0 Å². The second-order valence-corrected chi connectivity index (χ2v) is 9.33. The lowest BCUT2D eigenvalue weighted by Crippen LogP contribution is -2.30. The fourth-order valence-electron chi connectivity index (χ4n) is 3.88. The number of hydrogen-bond acceptors (Lipinski definition) is 4.